The number of benzene rings is 1. The van der Waals surface area contributed by atoms with E-state index >= 15 is 0 Å². The Bertz CT molecular complexity index is 645. The van der Waals surface area contributed by atoms with Crippen LogP contribution in [-0.4, -0.2) is 63.9 Å². The summed E-state index contributed by atoms with van der Waals surface area (Å²) in [7, 11) is 0. The molecule has 4 N–H and O–H groups in total. The number of ether oxygens (including phenoxy) is 2. The molecule has 1 aromatic rings. The molecule has 0 aromatic heterocycles. The second kappa shape index (κ2) is 6.18. The molecule has 8 nitrogen and oxygen atoms in total. The average molecular weight is 364 g/mol. The summed E-state index contributed by atoms with van der Waals surface area (Å²) in [5, 5.41) is 44.5. The van der Waals surface area contributed by atoms with Crippen LogP contribution in [-0.2, 0) is 10.4 Å². The zero-order valence-electron chi connectivity index (χ0n) is 12.5. The topological polar surface area (TPSA) is 124 Å². The average Bonchev–Trinajstić information content (AvgIpc) is 3.38. The molecule has 3 rings (SSSR count). The summed E-state index contributed by atoms with van der Waals surface area (Å²) < 4.78 is 49.2. The lowest BCUT2D eigenvalue weighted by molar-refractivity contribution is -0.277. The minimum atomic E-state index is -4.65. The van der Waals surface area contributed by atoms with Gasteiger partial charge >= 0.3 is 11.8 Å². The SMILES string of the molecule is OC[C@H]1OC(Oc2ccc(C3(C(F)(F)F)N=N3)cc2)[C@H](O)[C@@H](O)[C@@H]1O. The van der Waals surface area contributed by atoms with Gasteiger partial charge in [0.15, 0.2) is 0 Å². The Morgan fingerprint density at radius 1 is 1.04 bits per heavy atom. The van der Waals surface area contributed by atoms with Gasteiger partial charge in [0.25, 0.3) is 0 Å². The van der Waals surface area contributed by atoms with E-state index in [4.69, 9.17) is 14.6 Å². The standard InChI is InChI=1S/C14H15F3N2O6/c15-14(16,17)13(18-19-13)6-1-3-7(4-2-6)24-12-11(23)10(22)9(21)8(5-20)25-12/h1-4,8-12,20-23H,5H2/t8-,9-,10+,11-,12?/m1/s1. The predicted molar refractivity (Wildman–Crippen MR) is 73.4 cm³/mol. The molecule has 1 saturated heterocycles. The Labute approximate surface area is 139 Å². The molecule has 0 bridgehead atoms. The van der Waals surface area contributed by atoms with Crippen molar-refractivity contribution in [1.82, 2.24) is 0 Å². The molecular formula is C14H15F3N2O6. The summed E-state index contributed by atoms with van der Waals surface area (Å²) in [6, 6.07) is 4.64. The maximum absolute atomic E-state index is 12.9. The third-order valence-corrected chi connectivity index (χ3v) is 4.05. The third kappa shape index (κ3) is 3.09. The highest BCUT2D eigenvalue weighted by molar-refractivity contribution is 5.35. The fourth-order valence-corrected chi connectivity index (χ4v) is 2.51. The van der Waals surface area contributed by atoms with Gasteiger partial charge in [-0.05, 0) is 12.1 Å². The van der Waals surface area contributed by atoms with E-state index in [0.29, 0.717) is 0 Å². The number of rotatable bonds is 4. The van der Waals surface area contributed by atoms with Crippen LogP contribution in [0.4, 0.5) is 13.2 Å². The van der Waals surface area contributed by atoms with Gasteiger partial charge in [-0.1, -0.05) is 12.1 Å². The zero-order chi connectivity index (χ0) is 18.4. The lowest BCUT2D eigenvalue weighted by Gasteiger charge is -2.39. The molecule has 1 aromatic carbocycles. The van der Waals surface area contributed by atoms with Gasteiger partial charge in [-0.2, -0.15) is 13.2 Å². The summed E-state index contributed by atoms with van der Waals surface area (Å²) >= 11 is 0. The molecule has 25 heavy (non-hydrogen) atoms. The Hall–Kier alpha value is -1.79. The van der Waals surface area contributed by atoms with Gasteiger partial charge in [0.05, 0.1) is 6.61 Å². The monoisotopic (exact) mass is 364 g/mol. The van der Waals surface area contributed by atoms with Crippen molar-refractivity contribution in [3.05, 3.63) is 29.8 Å². The van der Waals surface area contributed by atoms with E-state index in [1.807, 2.05) is 0 Å². The van der Waals surface area contributed by atoms with Crippen LogP contribution in [0, 0.1) is 0 Å². The molecule has 0 radical (unpaired) electrons. The Balaban J connectivity index is 1.72. The van der Waals surface area contributed by atoms with Gasteiger partial charge in [-0.15, -0.1) is 10.2 Å². The minimum Gasteiger partial charge on any atom is -0.462 e. The number of alkyl halides is 3. The number of halogens is 3. The van der Waals surface area contributed by atoms with Crippen LogP contribution >= 0.6 is 0 Å². The highest BCUT2D eigenvalue weighted by Gasteiger charge is 2.65. The summed E-state index contributed by atoms with van der Waals surface area (Å²) in [5.41, 5.74) is -2.74. The zero-order valence-corrected chi connectivity index (χ0v) is 12.5. The second-order valence-corrected chi connectivity index (χ2v) is 5.71. The number of hydrogen-bond acceptors (Lipinski definition) is 8. The summed E-state index contributed by atoms with van der Waals surface area (Å²) in [4.78, 5) is 0. The van der Waals surface area contributed by atoms with E-state index in [2.05, 4.69) is 10.2 Å². The molecule has 0 amide bonds. The van der Waals surface area contributed by atoms with Crippen LogP contribution in [0.3, 0.4) is 0 Å². The first kappa shape index (κ1) is 18.0. The van der Waals surface area contributed by atoms with E-state index in [1.54, 1.807) is 0 Å². The Morgan fingerprint density at radius 3 is 2.12 bits per heavy atom. The summed E-state index contributed by atoms with van der Waals surface area (Å²) in [6.07, 6.45) is -12.0. The summed E-state index contributed by atoms with van der Waals surface area (Å²) in [5.74, 6) is 0.0473. The largest absolute Gasteiger partial charge is 0.462 e. The van der Waals surface area contributed by atoms with E-state index in [-0.39, 0.29) is 11.3 Å². The number of hydrogen-bond donors (Lipinski definition) is 4. The molecule has 0 spiro atoms. The molecule has 0 saturated carbocycles. The van der Waals surface area contributed by atoms with Gasteiger partial charge in [-0.3, -0.25) is 0 Å². The van der Waals surface area contributed by atoms with Crippen LogP contribution in [0.15, 0.2) is 34.5 Å². The first-order valence-electron chi connectivity index (χ1n) is 7.28. The van der Waals surface area contributed by atoms with Crippen LogP contribution < -0.4 is 4.74 Å². The van der Waals surface area contributed by atoms with E-state index in [0.717, 1.165) is 12.1 Å². The Kier molecular flexibility index (Phi) is 4.45. The normalized spacial score (nSPS) is 34.0. The van der Waals surface area contributed by atoms with Crippen molar-refractivity contribution in [2.75, 3.05) is 6.61 Å². The molecule has 2 aliphatic heterocycles. The van der Waals surface area contributed by atoms with Gasteiger partial charge in [-0.25, -0.2) is 0 Å². The van der Waals surface area contributed by atoms with Gasteiger partial charge in [0.2, 0.25) is 6.29 Å². The molecule has 138 valence electrons. The van der Waals surface area contributed by atoms with Crippen molar-refractivity contribution in [2.45, 2.75) is 42.5 Å². The van der Waals surface area contributed by atoms with E-state index in [9.17, 15) is 28.5 Å². The fourth-order valence-electron chi connectivity index (χ4n) is 2.51. The van der Waals surface area contributed by atoms with Gasteiger partial charge in [0.1, 0.15) is 30.2 Å². The first-order chi connectivity index (χ1) is 11.7. The molecular weight excluding hydrogens is 349 g/mol. The van der Waals surface area contributed by atoms with Crippen molar-refractivity contribution in [3.8, 4) is 5.75 Å². The molecule has 11 heteroatoms. The number of nitrogens with zero attached hydrogens (tertiary/aromatic N) is 2. The van der Waals surface area contributed by atoms with Crippen molar-refractivity contribution < 1.29 is 43.1 Å². The lowest BCUT2D eigenvalue weighted by atomic mass is 9.99. The van der Waals surface area contributed by atoms with Crippen LogP contribution in [0.5, 0.6) is 5.75 Å². The smallest absolute Gasteiger partial charge is 0.442 e. The maximum Gasteiger partial charge on any atom is 0.442 e. The first-order valence-corrected chi connectivity index (χ1v) is 7.28. The van der Waals surface area contributed by atoms with Crippen LogP contribution in [0.25, 0.3) is 0 Å². The molecule has 2 aliphatic rings. The van der Waals surface area contributed by atoms with Gasteiger partial charge < -0.3 is 29.9 Å². The molecule has 1 fully saturated rings. The van der Waals surface area contributed by atoms with E-state index < -0.39 is 49.2 Å². The van der Waals surface area contributed by atoms with E-state index in [1.165, 1.54) is 12.1 Å². The molecule has 2 heterocycles. The lowest BCUT2D eigenvalue weighted by Crippen LogP contribution is -2.60. The van der Waals surface area contributed by atoms with Crippen molar-refractivity contribution in [1.29, 1.82) is 0 Å². The highest BCUT2D eigenvalue weighted by Crippen LogP contribution is 2.52. The molecule has 1 unspecified atom stereocenters. The quantitative estimate of drug-likeness (QED) is 0.598. The maximum atomic E-state index is 12.9. The van der Waals surface area contributed by atoms with Crippen molar-refractivity contribution in [2.24, 2.45) is 10.2 Å². The van der Waals surface area contributed by atoms with Crippen molar-refractivity contribution >= 4 is 0 Å². The molecule has 5 atom stereocenters. The number of aliphatic hydroxyl groups is 4. The highest BCUT2D eigenvalue weighted by atomic mass is 19.4. The second-order valence-electron chi connectivity index (χ2n) is 5.71. The van der Waals surface area contributed by atoms with Crippen LogP contribution in [0.2, 0.25) is 0 Å². The van der Waals surface area contributed by atoms with Gasteiger partial charge in [0, 0.05) is 5.56 Å². The summed E-state index contributed by atoms with van der Waals surface area (Å²) in [6.45, 7) is -0.624. The van der Waals surface area contributed by atoms with Crippen LogP contribution in [0.1, 0.15) is 5.56 Å². The number of aliphatic hydroxyl groups excluding tert-OH is 4. The predicted octanol–water partition coefficient (Wildman–Crippen LogP) is 0.0462. The Morgan fingerprint density at radius 2 is 1.64 bits per heavy atom. The van der Waals surface area contributed by atoms with Crippen molar-refractivity contribution in [3.63, 3.8) is 0 Å². The minimum absolute atomic E-state index is 0.0473. The third-order valence-electron chi connectivity index (χ3n) is 4.05. The molecule has 0 aliphatic carbocycles. The fraction of sp³-hybridized carbons (Fsp3) is 0.571.